The van der Waals surface area contributed by atoms with E-state index in [1.807, 2.05) is 58.0 Å². The summed E-state index contributed by atoms with van der Waals surface area (Å²) in [6, 6.07) is 9.18. The Hall–Kier alpha value is -2.23. The van der Waals surface area contributed by atoms with E-state index in [2.05, 4.69) is 10.6 Å². The number of benzene rings is 1. The van der Waals surface area contributed by atoms with Crippen LogP contribution in [0.25, 0.3) is 0 Å². The van der Waals surface area contributed by atoms with E-state index in [1.165, 1.54) is 5.56 Å². The summed E-state index contributed by atoms with van der Waals surface area (Å²) in [7, 11) is 0. The standard InChI is InChI=1S/C16H20N2O2/c1-10-5-7-14(9-11(10)2)18-16(19)17-13(4)15-8-6-12(3)20-15/h5-9,13H,1-4H3,(H2,17,18,19)/t13-/m1/s1. The Bertz CT molecular complexity index is 617. The summed E-state index contributed by atoms with van der Waals surface area (Å²) in [4.78, 5) is 11.9. The monoisotopic (exact) mass is 272 g/mol. The lowest BCUT2D eigenvalue weighted by atomic mass is 10.1. The first-order valence-electron chi connectivity index (χ1n) is 6.67. The number of carbonyl (C=O) groups is 1. The minimum Gasteiger partial charge on any atom is -0.464 e. The molecule has 0 aliphatic rings. The molecule has 4 nitrogen and oxygen atoms in total. The molecule has 20 heavy (non-hydrogen) atoms. The molecular weight excluding hydrogens is 252 g/mol. The number of furan rings is 1. The maximum absolute atomic E-state index is 11.9. The molecule has 0 spiro atoms. The Labute approximate surface area is 119 Å². The van der Waals surface area contributed by atoms with E-state index in [4.69, 9.17) is 4.42 Å². The Kier molecular flexibility index (Phi) is 4.13. The third kappa shape index (κ3) is 3.41. The van der Waals surface area contributed by atoms with Crippen molar-refractivity contribution < 1.29 is 9.21 Å². The quantitative estimate of drug-likeness (QED) is 0.884. The summed E-state index contributed by atoms with van der Waals surface area (Å²) in [6.07, 6.45) is 0. The molecule has 0 aliphatic heterocycles. The molecule has 4 heteroatoms. The van der Waals surface area contributed by atoms with Crippen LogP contribution in [-0.2, 0) is 0 Å². The lowest BCUT2D eigenvalue weighted by Crippen LogP contribution is -2.31. The van der Waals surface area contributed by atoms with E-state index >= 15 is 0 Å². The van der Waals surface area contributed by atoms with Crippen LogP contribution in [0.3, 0.4) is 0 Å². The Morgan fingerprint density at radius 3 is 2.45 bits per heavy atom. The summed E-state index contributed by atoms with van der Waals surface area (Å²) in [6.45, 7) is 7.83. The lowest BCUT2D eigenvalue weighted by Gasteiger charge is -2.13. The van der Waals surface area contributed by atoms with Crippen LogP contribution in [0.15, 0.2) is 34.7 Å². The zero-order valence-electron chi connectivity index (χ0n) is 12.3. The fourth-order valence-corrected chi connectivity index (χ4v) is 1.94. The molecule has 0 fully saturated rings. The summed E-state index contributed by atoms with van der Waals surface area (Å²) < 4.78 is 5.49. The minimum atomic E-state index is -0.241. The van der Waals surface area contributed by atoms with E-state index in [0.29, 0.717) is 0 Å². The summed E-state index contributed by atoms with van der Waals surface area (Å²) >= 11 is 0. The van der Waals surface area contributed by atoms with Gasteiger partial charge in [-0.2, -0.15) is 0 Å². The SMILES string of the molecule is Cc1ccc([C@@H](C)NC(=O)Nc2ccc(C)c(C)c2)o1. The second-order valence-corrected chi connectivity index (χ2v) is 5.07. The predicted molar refractivity (Wildman–Crippen MR) is 79.9 cm³/mol. The van der Waals surface area contributed by atoms with Crippen LogP contribution in [0.5, 0.6) is 0 Å². The number of anilines is 1. The maximum Gasteiger partial charge on any atom is 0.319 e. The smallest absolute Gasteiger partial charge is 0.319 e. The van der Waals surface area contributed by atoms with Crippen LogP contribution in [0.1, 0.15) is 35.6 Å². The van der Waals surface area contributed by atoms with Gasteiger partial charge in [-0.25, -0.2) is 4.79 Å². The number of amides is 2. The normalized spacial score (nSPS) is 12.0. The van der Waals surface area contributed by atoms with Crippen molar-refractivity contribution in [2.75, 3.05) is 5.32 Å². The van der Waals surface area contributed by atoms with Crippen LogP contribution in [-0.4, -0.2) is 6.03 Å². The highest BCUT2D eigenvalue weighted by molar-refractivity contribution is 5.89. The molecule has 1 aromatic carbocycles. The third-order valence-electron chi connectivity index (χ3n) is 3.30. The molecule has 0 unspecified atom stereocenters. The first-order valence-corrected chi connectivity index (χ1v) is 6.67. The van der Waals surface area contributed by atoms with Crippen molar-refractivity contribution >= 4 is 11.7 Å². The lowest BCUT2D eigenvalue weighted by molar-refractivity contribution is 0.247. The van der Waals surface area contributed by atoms with Crippen molar-refractivity contribution in [2.24, 2.45) is 0 Å². The summed E-state index contributed by atoms with van der Waals surface area (Å²) in [5, 5.41) is 5.67. The average Bonchev–Trinajstić information content (AvgIpc) is 2.80. The van der Waals surface area contributed by atoms with Gasteiger partial charge in [0.25, 0.3) is 0 Å². The maximum atomic E-state index is 11.9. The molecule has 1 atom stereocenters. The van der Waals surface area contributed by atoms with Crippen LogP contribution >= 0.6 is 0 Å². The molecule has 2 aromatic rings. The van der Waals surface area contributed by atoms with Crippen molar-refractivity contribution in [3.05, 3.63) is 53.0 Å². The molecule has 0 saturated heterocycles. The van der Waals surface area contributed by atoms with Crippen molar-refractivity contribution in [1.29, 1.82) is 0 Å². The van der Waals surface area contributed by atoms with Gasteiger partial charge in [0.2, 0.25) is 0 Å². The predicted octanol–water partition coefficient (Wildman–Crippen LogP) is 4.09. The van der Waals surface area contributed by atoms with Gasteiger partial charge < -0.3 is 15.1 Å². The highest BCUT2D eigenvalue weighted by atomic mass is 16.3. The molecule has 2 N–H and O–H groups in total. The first-order chi connectivity index (χ1) is 9.45. The number of aryl methyl sites for hydroxylation is 3. The van der Waals surface area contributed by atoms with Crippen molar-refractivity contribution in [1.82, 2.24) is 5.32 Å². The fourth-order valence-electron chi connectivity index (χ4n) is 1.94. The molecule has 0 aliphatic carbocycles. The average molecular weight is 272 g/mol. The zero-order chi connectivity index (χ0) is 14.7. The van der Waals surface area contributed by atoms with Gasteiger partial charge in [0.15, 0.2) is 0 Å². The Balaban J connectivity index is 1.96. The van der Waals surface area contributed by atoms with E-state index in [9.17, 15) is 4.79 Å². The van der Waals surface area contributed by atoms with Crippen LogP contribution < -0.4 is 10.6 Å². The zero-order valence-corrected chi connectivity index (χ0v) is 12.3. The highest BCUT2D eigenvalue weighted by Gasteiger charge is 2.12. The van der Waals surface area contributed by atoms with Crippen molar-refractivity contribution in [3.8, 4) is 0 Å². The van der Waals surface area contributed by atoms with Crippen molar-refractivity contribution in [3.63, 3.8) is 0 Å². The topological polar surface area (TPSA) is 54.3 Å². The number of hydrogen-bond acceptors (Lipinski definition) is 2. The third-order valence-corrected chi connectivity index (χ3v) is 3.30. The van der Waals surface area contributed by atoms with Gasteiger partial charge in [-0.1, -0.05) is 6.07 Å². The molecule has 1 heterocycles. The summed E-state index contributed by atoms with van der Waals surface area (Å²) in [5.41, 5.74) is 3.14. The molecule has 0 bridgehead atoms. The summed E-state index contributed by atoms with van der Waals surface area (Å²) in [5.74, 6) is 1.58. The molecule has 2 rings (SSSR count). The van der Waals surface area contributed by atoms with Crippen LogP contribution in [0.2, 0.25) is 0 Å². The number of rotatable bonds is 3. The van der Waals surface area contributed by atoms with E-state index < -0.39 is 0 Å². The highest BCUT2D eigenvalue weighted by Crippen LogP contribution is 2.17. The Morgan fingerprint density at radius 1 is 1.10 bits per heavy atom. The van der Waals surface area contributed by atoms with E-state index in [-0.39, 0.29) is 12.1 Å². The van der Waals surface area contributed by atoms with Crippen LogP contribution in [0, 0.1) is 20.8 Å². The number of nitrogens with one attached hydrogen (secondary N) is 2. The van der Waals surface area contributed by atoms with Gasteiger partial charge in [-0.05, 0) is 63.1 Å². The number of carbonyl (C=O) groups excluding carboxylic acids is 1. The second-order valence-electron chi connectivity index (χ2n) is 5.07. The molecule has 106 valence electrons. The van der Waals surface area contributed by atoms with Gasteiger partial charge in [0.05, 0.1) is 6.04 Å². The van der Waals surface area contributed by atoms with Gasteiger partial charge in [-0.3, -0.25) is 0 Å². The van der Waals surface area contributed by atoms with Crippen LogP contribution in [0.4, 0.5) is 10.5 Å². The van der Waals surface area contributed by atoms with E-state index in [1.54, 1.807) is 0 Å². The van der Waals surface area contributed by atoms with Gasteiger partial charge in [0, 0.05) is 5.69 Å². The van der Waals surface area contributed by atoms with Gasteiger partial charge in [0.1, 0.15) is 11.5 Å². The van der Waals surface area contributed by atoms with Gasteiger partial charge in [-0.15, -0.1) is 0 Å². The fraction of sp³-hybridized carbons (Fsp3) is 0.312. The molecule has 0 saturated carbocycles. The Morgan fingerprint density at radius 2 is 1.85 bits per heavy atom. The number of urea groups is 1. The largest absolute Gasteiger partial charge is 0.464 e. The second kappa shape index (κ2) is 5.82. The minimum absolute atomic E-state index is 0.171. The molecular formula is C16H20N2O2. The van der Waals surface area contributed by atoms with Gasteiger partial charge >= 0.3 is 6.03 Å². The molecule has 2 amide bonds. The van der Waals surface area contributed by atoms with E-state index in [0.717, 1.165) is 22.8 Å². The number of hydrogen-bond donors (Lipinski definition) is 2. The first kappa shape index (κ1) is 14.2. The molecule has 1 aromatic heterocycles. The van der Waals surface area contributed by atoms with Crippen molar-refractivity contribution in [2.45, 2.75) is 33.7 Å². The molecule has 0 radical (unpaired) electrons.